The highest BCUT2D eigenvalue weighted by Gasteiger charge is 2.18. The van der Waals surface area contributed by atoms with E-state index in [2.05, 4.69) is 5.32 Å². The first kappa shape index (κ1) is 13.5. The van der Waals surface area contributed by atoms with E-state index in [-0.39, 0.29) is 12.5 Å². The smallest absolute Gasteiger partial charge is 0.220 e. The topological polar surface area (TPSA) is 52.9 Å². The lowest BCUT2D eigenvalue weighted by Gasteiger charge is -2.10. The van der Waals surface area contributed by atoms with E-state index in [9.17, 15) is 9.18 Å². The Morgan fingerprint density at radius 1 is 1.42 bits per heavy atom. The normalized spacial score (nSPS) is 15.2. The molecule has 0 aliphatic heterocycles. The lowest BCUT2D eigenvalue weighted by Crippen LogP contribution is -2.25. The summed E-state index contributed by atoms with van der Waals surface area (Å²) in [5.74, 6) is 0.0293. The van der Waals surface area contributed by atoms with Crippen LogP contribution in [0.4, 0.5) is 4.39 Å². The standard InChI is InChI=1S/C15H17FN2O/c16-14-7-12(9-17)5-6-13(14)10-18-15(19)8-11-3-1-2-4-11/h5-7,11H,1-4,8,10H2,(H,18,19). The number of hydrogen-bond acceptors (Lipinski definition) is 2. The Hall–Kier alpha value is -1.89. The molecule has 1 amide bonds. The average Bonchev–Trinajstić information content (AvgIpc) is 2.90. The molecule has 1 saturated carbocycles. The van der Waals surface area contributed by atoms with Crippen molar-refractivity contribution >= 4 is 5.91 Å². The Morgan fingerprint density at radius 3 is 2.79 bits per heavy atom. The highest BCUT2D eigenvalue weighted by Crippen LogP contribution is 2.27. The Balaban J connectivity index is 1.84. The van der Waals surface area contributed by atoms with Crippen LogP contribution in [0.5, 0.6) is 0 Å². The van der Waals surface area contributed by atoms with Gasteiger partial charge in [-0.05, 0) is 30.9 Å². The van der Waals surface area contributed by atoms with Crippen molar-refractivity contribution in [3.63, 3.8) is 0 Å². The zero-order chi connectivity index (χ0) is 13.7. The van der Waals surface area contributed by atoms with E-state index in [1.54, 1.807) is 12.1 Å². The number of rotatable bonds is 4. The quantitative estimate of drug-likeness (QED) is 0.905. The molecule has 0 bridgehead atoms. The van der Waals surface area contributed by atoms with E-state index in [1.165, 1.54) is 18.9 Å². The highest BCUT2D eigenvalue weighted by atomic mass is 19.1. The van der Waals surface area contributed by atoms with Gasteiger partial charge in [0.15, 0.2) is 0 Å². The van der Waals surface area contributed by atoms with E-state index in [0.29, 0.717) is 23.5 Å². The Morgan fingerprint density at radius 2 is 2.16 bits per heavy atom. The van der Waals surface area contributed by atoms with Gasteiger partial charge >= 0.3 is 0 Å². The third-order valence-corrected chi connectivity index (χ3v) is 3.61. The van der Waals surface area contributed by atoms with E-state index < -0.39 is 5.82 Å². The fourth-order valence-electron chi connectivity index (χ4n) is 2.50. The maximum atomic E-state index is 13.6. The minimum Gasteiger partial charge on any atom is -0.352 e. The molecule has 0 saturated heterocycles. The number of nitrogens with one attached hydrogen (secondary N) is 1. The van der Waals surface area contributed by atoms with Gasteiger partial charge in [-0.15, -0.1) is 0 Å². The largest absolute Gasteiger partial charge is 0.352 e. The summed E-state index contributed by atoms with van der Waals surface area (Å²) in [6.07, 6.45) is 5.21. The van der Waals surface area contributed by atoms with Crippen LogP contribution in [0.15, 0.2) is 18.2 Å². The van der Waals surface area contributed by atoms with E-state index >= 15 is 0 Å². The molecule has 0 heterocycles. The number of nitrogens with zero attached hydrogens (tertiary/aromatic N) is 1. The van der Waals surface area contributed by atoms with Crippen LogP contribution in [0, 0.1) is 23.1 Å². The summed E-state index contributed by atoms with van der Waals surface area (Å²) in [6, 6.07) is 6.18. The molecule has 1 N–H and O–H groups in total. The molecule has 1 aromatic carbocycles. The Bertz CT molecular complexity index is 501. The zero-order valence-electron chi connectivity index (χ0n) is 10.8. The van der Waals surface area contributed by atoms with Crippen LogP contribution in [0.25, 0.3) is 0 Å². The van der Waals surface area contributed by atoms with Crippen LogP contribution in [-0.2, 0) is 11.3 Å². The van der Waals surface area contributed by atoms with Gasteiger partial charge in [0.05, 0.1) is 11.6 Å². The molecule has 0 unspecified atom stereocenters. The molecule has 1 fully saturated rings. The van der Waals surface area contributed by atoms with Gasteiger partial charge in [-0.3, -0.25) is 4.79 Å². The summed E-state index contributed by atoms with van der Waals surface area (Å²) in [4.78, 5) is 11.7. The lowest BCUT2D eigenvalue weighted by molar-refractivity contribution is -0.122. The molecule has 0 radical (unpaired) electrons. The van der Waals surface area contributed by atoms with Gasteiger partial charge in [0.25, 0.3) is 0 Å². The number of nitriles is 1. The van der Waals surface area contributed by atoms with Crippen LogP contribution in [0.1, 0.15) is 43.2 Å². The Kier molecular flexibility index (Phi) is 4.51. The monoisotopic (exact) mass is 260 g/mol. The van der Waals surface area contributed by atoms with Crippen LogP contribution in [0.2, 0.25) is 0 Å². The van der Waals surface area contributed by atoms with Crippen molar-refractivity contribution < 1.29 is 9.18 Å². The van der Waals surface area contributed by atoms with Gasteiger partial charge in [0.1, 0.15) is 5.82 Å². The first-order valence-corrected chi connectivity index (χ1v) is 6.64. The molecule has 0 aromatic heterocycles. The lowest BCUT2D eigenvalue weighted by atomic mass is 10.0. The molecule has 1 aromatic rings. The fraction of sp³-hybridized carbons (Fsp3) is 0.467. The predicted molar refractivity (Wildman–Crippen MR) is 69.5 cm³/mol. The molecule has 4 heteroatoms. The summed E-state index contributed by atoms with van der Waals surface area (Å²) in [5.41, 5.74) is 0.706. The third kappa shape index (κ3) is 3.78. The minimum atomic E-state index is -0.444. The fourth-order valence-corrected chi connectivity index (χ4v) is 2.50. The molecule has 0 atom stereocenters. The minimum absolute atomic E-state index is 0.0179. The van der Waals surface area contributed by atoms with Crippen LogP contribution < -0.4 is 5.32 Å². The molecule has 2 rings (SSSR count). The van der Waals surface area contributed by atoms with Crippen molar-refractivity contribution in [1.29, 1.82) is 5.26 Å². The third-order valence-electron chi connectivity index (χ3n) is 3.61. The molecule has 19 heavy (non-hydrogen) atoms. The second kappa shape index (κ2) is 6.33. The van der Waals surface area contributed by atoms with Gasteiger partial charge in [-0.25, -0.2) is 4.39 Å². The van der Waals surface area contributed by atoms with E-state index in [0.717, 1.165) is 12.8 Å². The van der Waals surface area contributed by atoms with E-state index in [1.807, 2.05) is 6.07 Å². The first-order valence-electron chi connectivity index (χ1n) is 6.64. The van der Waals surface area contributed by atoms with Crippen LogP contribution in [0.3, 0.4) is 0 Å². The molecule has 3 nitrogen and oxygen atoms in total. The van der Waals surface area contributed by atoms with Crippen molar-refractivity contribution in [3.05, 3.63) is 35.1 Å². The summed E-state index contributed by atoms with van der Waals surface area (Å²) in [7, 11) is 0. The number of benzene rings is 1. The summed E-state index contributed by atoms with van der Waals surface area (Å²) in [5, 5.41) is 11.4. The summed E-state index contributed by atoms with van der Waals surface area (Å²) < 4.78 is 13.6. The van der Waals surface area contributed by atoms with Gasteiger partial charge < -0.3 is 5.32 Å². The molecule has 100 valence electrons. The summed E-state index contributed by atoms with van der Waals surface area (Å²) >= 11 is 0. The number of hydrogen-bond donors (Lipinski definition) is 1. The number of carbonyl (C=O) groups is 1. The first-order chi connectivity index (χ1) is 9.19. The van der Waals surface area contributed by atoms with Crippen molar-refractivity contribution in [2.45, 2.75) is 38.6 Å². The number of amides is 1. The Labute approximate surface area is 112 Å². The molecule has 1 aliphatic rings. The number of halogens is 1. The number of carbonyl (C=O) groups excluding carboxylic acids is 1. The summed E-state index contributed by atoms with van der Waals surface area (Å²) in [6.45, 7) is 0.184. The highest BCUT2D eigenvalue weighted by molar-refractivity contribution is 5.76. The van der Waals surface area contributed by atoms with Crippen molar-refractivity contribution in [2.75, 3.05) is 0 Å². The SMILES string of the molecule is N#Cc1ccc(CNC(=O)CC2CCCC2)c(F)c1. The van der Waals surface area contributed by atoms with E-state index in [4.69, 9.17) is 5.26 Å². The van der Waals surface area contributed by atoms with Crippen LogP contribution in [-0.4, -0.2) is 5.91 Å². The molecule has 0 spiro atoms. The predicted octanol–water partition coefficient (Wildman–Crippen LogP) is 2.89. The van der Waals surface area contributed by atoms with Crippen molar-refractivity contribution in [2.24, 2.45) is 5.92 Å². The average molecular weight is 260 g/mol. The van der Waals surface area contributed by atoms with Crippen molar-refractivity contribution in [1.82, 2.24) is 5.32 Å². The maximum Gasteiger partial charge on any atom is 0.220 e. The molecular weight excluding hydrogens is 243 g/mol. The maximum absolute atomic E-state index is 13.6. The van der Waals surface area contributed by atoms with Gasteiger partial charge in [0.2, 0.25) is 5.91 Å². The second-order valence-corrected chi connectivity index (χ2v) is 5.05. The van der Waals surface area contributed by atoms with Gasteiger partial charge in [-0.1, -0.05) is 18.9 Å². The zero-order valence-corrected chi connectivity index (χ0v) is 10.8. The second-order valence-electron chi connectivity index (χ2n) is 5.05. The molecule has 1 aliphatic carbocycles. The molecular formula is C15H17FN2O. The van der Waals surface area contributed by atoms with Crippen molar-refractivity contribution in [3.8, 4) is 6.07 Å². The van der Waals surface area contributed by atoms with Gasteiger partial charge in [-0.2, -0.15) is 5.26 Å². The van der Waals surface area contributed by atoms with Crippen LogP contribution >= 0.6 is 0 Å². The van der Waals surface area contributed by atoms with Gasteiger partial charge in [0, 0.05) is 18.5 Å².